The molecule has 0 amide bonds. The van der Waals surface area contributed by atoms with Crippen LogP contribution in [0.3, 0.4) is 0 Å². The van der Waals surface area contributed by atoms with Gasteiger partial charge in [-0.3, -0.25) is 4.68 Å². The Morgan fingerprint density at radius 1 is 1.28 bits per heavy atom. The maximum Gasteiger partial charge on any atom is 0.339 e. The molecule has 4 aromatic heterocycles. The molecule has 0 spiro atoms. The number of hydrogen-bond acceptors (Lipinski definition) is 4. The summed E-state index contributed by atoms with van der Waals surface area (Å²) in [5, 5.41) is 18.5. The van der Waals surface area contributed by atoms with Crippen LogP contribution >= 0.6 is 0 Å². The van der Waals surface area contributed by atoms with Crippen LogP contribution in [0.4, 0.5) is 0 Å². The largest absolute Gasteiger partial charge is 0.478 e. The van der Waals surface area contributed by atoms with Crippen molar-refractivity contribution in [2.45, 2.75) is 34.1 Å². The second-order valence-corrected chi connectivity index (χ2v) is 7.82. The molecule has 29 heavy (non-hydrogen) atoms. The molecule has 4 aromatic rings. The van der Waals surface area contributed by atoms with Gasteiger partial charge in [0.15, 0.2) is 0 Å². The van der Waals surface area contributed by atoms with Gasteiger partial charge in [0.25, 0.3) is 0 Å². The van der Waals surface area contributed by atoms with Crippen molar-refractivity contribution in [3.63, 3.8) is 0 Å². The van der Waals surface area contributed by atoms with Crippen molar-refractivity contribution in [1.82, 2.24) is 19.4 Å². The van der Waals surface area contributed by atoms with Crippen LogP contribution < -0.4 is 0 Å². The van der Waals surface area contributed by atoms with Gasteiger partial charge in [-0.1, -0.05) is 13.8 Å². The van der Waals surface area contributed by atoms with E-state index in [-0.39, 0.29) is 5.56 Å². The van der Waals surface area contributed by atoms with E-state index in [1.807, 2.05) is 64.0 Å². The average molecular weight is 392 g/mol. The summed E-state index contributed by atoms with van der Waals surface area (Å²) in [7, 11) is 1.93. The van der Waals surface area contributed by atoms with Crippen LogP contribution in [0.25, 0.3) is 28.0 Å². The predicted octanol–water partition coefficient (Wildman–Crippen LogP) is 4.51. The fraction of sp³-hybridized carbons (Fsp3) is 0.318. The number of pyridine rings is 1. The first-order chi connectivity index (χ1) is 13.8. The molecule has 4 rings (SSSR count). The van der Waals surface area contributed by atoms with Gasteiger partial charge in [0, 0.05) is 42.0 Å². The molecule has 0 radical (unpaired) electrons. The minimum absolute atomic E-state index is 0.223. The molecule has 1 N–H and O–H groups in total. The number of aromatic nitrogens is 4. The molecule has 7 heteroatoms. The summed E-state index contributed by atoms with van der Waals surface area (Å²) >= 11 is 0. The minimum Gasteiger partial charge on any atom is -0.478 e. The molecule has 0 saturated heterocycles. The van der Waals surface area contributed by atoms with Crippen LogP contribution in [0, 0.1) is 19.8 Å². The maximum absolute atomic E-state index is 11.7. The third-order valence-electron chi connectivity index (χ3n) is 5.22. The van der Waals surface area contributed by atoms with E-state index in [2.05, 4.69) is 10.2 Å². The smallest absolute Gasteiger partial charge is 0.339 e. The quantitative estimate of drug-likeness (QED) is 0.540. The highest BCUT2D eigenvalue weighted by atomic mass is 16.4. The zero-order valence-corrected chi connectivity index (χ0v) is 17.2. The Balaban J connectivity index is 1.86. The number of aromatic carboxylic acids is 1. The summed E-state index contributed by atoms with van der Waals surface area (Å²) < 4.78 is 9.64. The van der Waals surface area contributed by atoms with Crippen LogP contribution in [0.5, 0.6) is 0 Å². The average Bonchev–Trinajstić information content (AvgIpc) is 3.31. The molecule has 0 bridgehead atoms. The van der Waals surface area contributed by atoms with Gasteiger partial charge in [-0.05, 0) is 38.0 Å². The van der Waals surface area contributed by atoms with Crippen molar-refractivity contribution in [2.24, 2.45) is 13.0 Å². The molecule has 150 valence electrons. The number of carboxylic acids is 1. The van der Waals surface area contributed by atoms with Gasteiger partial charge in [0.2, 0.25) is 0 Å². The summed E-state index contributed by atoms with van der Waals surface area (Å²) in [4.78, 5) is 11.7. The highest BCUT2D eigenvalue weighted by molar-refractivity contribution is 5.91. The fourth-order valence-corrected chi connectivity index (χ4v) is 3.76. The molecule has 0 saturated carbocycles. The normalized spacial score (nSPS) is 11.7. The van der Waals surface area contributed by atoms with Gasteiger partial charge >= 0.3 is 5.97 Å². The molecule has 0 fully saturated rings. The second kappa shape index (κ2) is 6.92. The first-order valence-electron chi connectivity index (χ1n) is 9.60. The van der Waals surface area contributed by atoms with Crippen molar-refractivity contribution >= 4 is 11.5 Å². The Labute approximate surface area is 168 Å². The zero-order chi connectivity index (χ0) is 20.9. The second-order valence-electron chi connectivity index (χ2n) is 7.82. The molecule has 4 heterocycles. The summed E-state index contributed by atoms with van der Waals surface area (Å²) in [5.74, 6) is 0.387. The number of carboxylic acid groups (broad SMARTS) is 1. The van der Waals surface area contributed by atoms with Gasteiger partial charge in [-0.2, -0.15) is 10.2 Å². The summed E-state index contributed by atoms with van der Waals surface area (Å²) in [6.45, 7) is 8.10. The number of hydrogen-bond donors (Lipinski definition) is 1. The highest BCUT2D eigenvalue weighted by Crippen LogP contribution is 2.33. The number of nitrogens with zero attached hydrogens (tertiary/aromatic N) is 4. The zero-order valence-electron chi connectivity index (χ0n) is 17.2. The maximum atomic E-state index is 11.7. The van der Waals surface area contributed by atoms with Crippen molar-refractivity contribution in [2.75, 3.05) is 0 Å². The van der Waals surface area contributed by atoms with Crippen LogP contribution in [0.1, 0.15) is 41.4 Å². The fourth-order valence-electron chi connectivity index (χ4n) is 3.76. The lowest BCUT2D eigenvalue weighted by Gasteiger charge is -2.04. The van der Waals surface area contributed by atoms with E-state index < -0.39 is 5.97 Å². The lowest BCUT2D eigenvalue weighted by atomic mass is 10.0. The van der Waals surface area contributed by atoms with E-state index in [0.29, 0.717) is 23.9 Å². The minimum atomic E-state index is -0.969. The van der Waals surface area contributed by atoms with Gasteiger partial charge in [0.1, 0.15) is 17.1 Å². The van der Waals surface area contributed by atoms with E-state index in [1.165, 1.54) is 0 Å². The van der Waals surface area contributed by atoms with Gasteiger partial charge < -0.3 is 9.52 Å². The Bertz CT molecular complexity index is 1230. The summed E-state index contributed by atoms with van der Waals surface area (Å²) in [5.41, 5.74) is 6.01. The third kappa shape index (κ3) is 3.22. The van der Waals surface area contributed by atoms with Gasteiger partial charge in [-0.25, -0.2) is 9.31 Å². The monoisotopic (exact) mass is 392 g/mol. The molecule has 0 aliphatic carbocycles. The lowest BCUT2D eigenvalue weighted by molar-refractivity contribution is 0.0694. The molecule has 0 atom stereocenters. The van der Waals surface area contributed by atoms with E-state index in [9.17, 15) is 9.90 Å². The molecule has 0 aromatic carbocycles. The molecular weight excluding hydrogens is 368 g/mol. The third-order valence-corrected chi connectivity index (χ3v) is 5.22. The van der Waals surface area contributed by atoms with E-state index >= 15 is 0 Å². The summed E-state index contributed by atoms with van der Waals surface area (Å²) in [6, 6.07) is 5.48. The predicted molar refractivity (Wildman–Crippen MR) is 110 cm³/mol. The van der Waals surface area contributed by atoms with Crippen molar-refractivity contribution in [3.05, 3.63) is 53.3 Å². The standard InChI is InChI=1S/C22H24N4O3/c1-12(2)8-20-16(22(27)28)10-19(29-20)15-6-7-26-18(9-15)17(11-23-26)21-13(3)24-25(5)14(21)4/h6-7,9-12H,8H2,1-5H3,(H,27,28). The lowest BCUT2D eigenvalue weighted by Crippen LogP contribution is -2.01. The molecule has 0 aliphatic heterocycles. The van der Waals surface area contributed by atoms with Crippen LogP contribution in [0.2, 0.25) is 0 Å². The Kier molecular flexibility index (Phi) is 4.53. The van der Waals surface area contributed by atoms with E-state index in [1.54, 1.807) is 10.6 Å². The molecule has 0 unspecified atom stereocenters. The van der Waals surface area contributed by atoms with Crippen molar-refractivity contribution in [1.29, 1.82) is 0 Å². The van der Waals surface area contributed by atoms with E-state index in [4.69, 9.17) is 4.42 Å². The van der Waals surface area contributed by atoms with Crippen LogP contribution in [-0.4, -0.2) is 30.5 Å². The number of rotatable bonds is 5. The molecular formula is C22H24N4O3. The Morgan fingerprint density at radius 2 is 2.03 bits per heavy atom. The highest BCUT2D eigenvalue weighted by Gasteiger charge is 2.21. The van der Waals surface area contributed by atoms with Crippen LogP contribution in [0.15, 0.2) is 35.0 Å². The van der Waals surface area contributed by atoms with Crippen molar-refractivity contribution in [3.8, 4) is 22.5 Å². The van der Waals surface area contributed by atoms with Crippen molar-refractivity contribution < 1.29 is 14.3 Å². The Morgan fingerprint density at radius 3 is 2.66 bits per heavy atom. The Hall–Kier alpha value is -3.35. The SMILES string of the molecule is Cc1nn(C)c(C)c1-c1cnn2ccc(-c3cc(C(=O)O)c(CC(C)C)o3)cc12. The number of carbonyl (C=O) groups is 1. The number of fused-ring (bicyclic) bond motifs is 1. The number of aryl methyl sites for hydroxylation is 2. The first kappa shape index (κ1) is 19.0. The van der Waals surface area contributed by atoms with Gasteiger partial charge in [-0.15, -0.1) is 0 Å². The first-order valence-corrected chi connectivity index (χ1v) is 9.60. The summed E-state index contributed by atoms with van der Waals surface area (Å²) in [6.07, 6.45) is 4.28. The topological polar surface area (TPSA) is 85.6 Å². The number of furan rings is 1. The molecule has 0 aliphatic rings. The van der Waals surface area contributed by atoms with E-state index in [0.717, 1.165) is 33.6 Å². The van der Waals surface area contributed by atoms with Crippen LogP contribution in [-0.2, 0) is 13.5 Å². The van der Waals surface area contributed by atoms with Gasteiger partial charge in [0.05, 0.1) is 17.4 Å². The molecule has 7 nitrogen and oxygen atoms in total.